The van der Waals surface area contributed by atoms with Gasteiger partial charge in [-0.1, -0.05) is 58.0 Å². The van der Waals surface area contributed by atoms with Gasteiger partial charge in [-0.05, 0) is 107 Å². The molecule has 4 heteroatoms. The molecule has 1 N–H and O–H groups in total. The zero-order chi connectivity index (χ0) is 26.1. The molecule has 1 aliphatic rings. The molecule has 3 aromatic carbocycles. The van der Waals surface area contributed by atoms with Crippen molar-refractivity contribution in [2.45, 2.75) is 64.2 Å². The van der Waals surface area contributed by atoms with Gasteiger partial charge in [0.05, 0.1) is 5.56 Å². The average molecular weight is 485 g/mol. The molecule has 36 heavy (non-hydrogen) atoms. The number of benzene rings is 3. The number of hydrogen-bond acceptors (Lipinski definition) is 2. The SMILES string of the molecule is CC1(C)CCC(C)(C)c2c(CCc3ccc(F)cc3)cc(C(=O)C=Cc3ccc(C(=O)O)cc3)cc21. The Morgan fingerprint density at radius 2 is 1.50 bits per heavy atom. The molecular weight excluding hydrogens is 451 g/mol. The summed E-state index contributed by atoms with van der Waals surface area (Å²) in [4.78, 5) is 24.4. The molecule has 1 aliphatic carbocycles. The smallest absolute Gasteiger partial charge is 0.335 e. The lowest BCUT2D eigenvalue weighted by Gasteiger charge is -2.43. The Hall–Kier alpha value is -3.53. The van der Waals surface area contributed by atoms with Crippen LogP contribution in [0.15, 0.2) is 66.7 Å². The van der Waals surface area contributed by atoms with Crippen molar-refractivity contribution in [3.8, 4) is 0 Å². The number of carbonyl (C=O) groups is 2. The molecule has 0 spiro atoms. The summed E-state index contributed by atoms with van der Waals surface area (Å²) in [5.74, 6) is -1.30. The van der Waals surface area contributed by atoms with Crippen molar-refractivity contribution < 1.29 is 19.1 Å². The van der Waals surface area contributed by atoms with Crippen LogP contribution in [0, 0.1) is 5.82 Å². The van der Waals surface area contributed by atoms with Crippen molar-refractivity contribution in [3.63, 3.8) is 0 Å². The van der Waals surface area contributed by atoms with Crippen molar-refractivity contribution in [2.24, 2.45) is 0 Å². The van der Waals surface area contributed by atoms with E-state index in [9.17, 15) is 14.0 Å². The van der Waals surface area contributed by atoms with Gasteiger partial charge in [0.1, 0.15) is 5.82 Å². The molecule has 3 aromatic rings. The Balaban J connectivity index is 1.69. The molecule has 0 heterocycles. The number of aryl methyl sites for hydroxylation is 2. The Labute approximate surface area is 212 Å². The second-order valence-corrected chi connectivity index (χ2v) is 11.1. The summed E-state index contributed by atoms with van der Waals surface area (Å²) >= 11 is 0. The highest BCUT2D eigenvalue weighted by molar-refractivity contribution is 6.07. The number of ketones is 1. The first-order valence-electron chi connectivity index (χ1n) is 12.4. The van der Waals surface area contributed by atoms with Gasteiger partial charge in [0.15, 0.2) is 5.78 Å². The van der Waals surface area contributed by atoms with E-state index in [1.54, 1.807) is 24.3 Å². The van der Waals surface area contributed by atoms with E-state index in [-0.39, 0.29) is 28.0 Å². The van der Waals surface area contributed by atoms with E-state index in [0.29, 0.717) is 5.56 Å². The molecular formula is C32H33FO3. The highest BCUT2D eigenvalue weighted by Gasteiger charge is 2.39. The highest BCUT2D eigenvalue weighted by atomic mass is 19.1. The number of carbonyl (C=O) groups excluding carboxylic acids is 1. The summed E-state index contributed by atoms with van der Waals surface area (Å²) < 4.78 is 13.4. The van der Waals surface area contributed by atoms with Gasteiger partial charge in [0, 0.05) is 5.56 Å². The second-order valence-electron chi connectivity index (χ2n) is 11.1. The fourth-order valence-electron chi connectivity index (χ4n) is 5.19. The van der Waals surface area contributed by atoms with Crippen LogP contribution >= 0.6 is 0 Å². The molecule has 0 aliphatic heterocycles. The van der Waals surface area contributed by atoms with Crippen molar-refractivity contribution in [1.82, 2.24) is 0 Å². The first kappa shape index (κ1) is 25.6. The molecule has 0 bridgehead atoms. The number of carboxylic acids is 1. The first-order valence-corrected chi connectivity index (χ1v) is 12.4. The molecule has 4 rings (SSSR count). The molecule has 0 saturated carbocycles. The van der Waals surface area contributed by atoms with Crippen molar-refractivity contribution >= 4 is 17.8 Å². The zero-order valence-electron chi connectivity index (χ0n) is 21.4. The summed E-state index contributed by atoms with van der Waals surface area (Å²) in [6, 6.07) is 17.2. The van der Waals surface area contributed by atoms with Crippen LogP contribution in [0.3, 0.4) is 0 Å². The second kappa shape index (κ2) is 9.85. The monoisotopic (exact) mass is 484 g/mol. The van der Waals surface area contributed by atoms with Crippen LogP contribution in [0.25, 0.3) is 6.08 Å². The van der Waals surface area contributed by atoms with Crippen LogP contribution in [0.5, 0.6) is 0 Å². The average Bonchev–Trinajstić information content (AvgIpc) is 2.85. The summed E-state index contributed by atoms with van der Waals surface area (Å²) in [5, 5.41) is 9.08. The molecule has 3 nitrogen and oxygen atoms in total. The Kier molecular flexibility index (Phi) is 6.99. The van der Waals surface area contributed by atoms with Crippen LogP contribution in [-0.4, -0.2) is 16.9 Å². The molecule has 0 amide bonds. The predicted molar refractivity (Wildman–Crippen MR) is 142 cm³/mol. The highest BCUT2D eigenvalue weighted by Crippen LogP contribution is 2.47. The van der Waals surface area contributed by atoms with Crippen molar-refractivity contribution in [3.05, 3.63) is 112 Å². The van der Waals surface area contributed by atoms with Gasteiger partial charge in [-0.3, -0.25) is 4.79 Å². The summed E-state index contributed by atoms with van der Waals surface area (Å²) in [5.41, 5.74) is 6.43. The Bertz CT molecular complexity index is 1310. The number of halogens is 1. The summed E-state index contributed by atoms with van der Waals surface area (Å²) in [6.07, 6.45) is 6.95. The van der Waals surface area contributed by atoms with Gasteiger partial charge < -0.3 is 5.11 Å². The molecule has 0 saturated heterocycles. The van der Waals surface area contributed by atoms with E-state index in [2.05, 4.69) is 33.8 Å². The fraction of sp³-hybridized carbons (Fsp3) is 0.312. The lowest BCUT2D eigenvalue weighted by atomic mass is 9.61. The van der Waals surface area contributed by atoms with E-state index in [4.69, 9.17) is 5.11 Å². The van der Waals surface area contributed by atoms with Gasteiger partial charge in [0.2, 0.25) is 0 Å². The molecule has 0 unspecified atom stereocenters. The number of aromatic carboxylic acids is 1. The van der Waals surface area contributed by atoms with Crippen LogP contribution in [-0.2, 0) is 23.7 Å². The standard InChI is InChI=1S/C32H33FO3/c1-31(2)17-18-32(3,4)29-24(13-7-22-8-14-26(33)15-9-22)19-25(20-27(29)31)28(34)16-10-21-5-11-23(12-6-21)30(35)36/h5-6,8-12,14-16,19-20H,7,13,17-18H2,1-4H3,(H,35,36). The van der Waals surface area contributed by atoms with Gasteiger partial charge in [0.25, 0.3) is 0 Å². The normalized spacial score (nSPS) is 16.0. The van der Waals surface area contributed by atoms with Crippen LogP contribution in [0.1, 0.15) is 89.1 Å². The third-order valence-corrected chi connectivity index (χ3v) is 7.47. The van der Waals surface area contributed by atoms with Crippen LogP contribution < -0.4 is 0 Å². The minimum Gasteiger partial charge on any atom is -0.478 e. The molecule has 0 radical (unpaired) electrons. The van der Waals surface area contributed by atoms with E-state index in [1.807, 2.05) is 18.2 Å². The third kappa shape index (κ3) is 5.48. The zero-order valence-corrected chi connectivity index (χ0v) is 21.4. The van der Waals surface area contributed by atoms with Crippen molar-refractivity contribution in [2.75, 3.05) is 0 Å². The summed E-state index contributed by atoms with van der Waals surface area (Å²) in [6.45, 7) is 9.06. The number of fused-ring (bicyclic) bond motifs is 1. The van der Waals surface area contributed by atoms with Crippen LogP contribution in [0.4, 0.5) is 4.39 Å². The van der Waals surface area contributed by atoms with Gasteiger partial charge in [-0.15, -0.1) is 0 Å². The maximum Gasteiger partial charge on any atom is 0.335 e. The largest absolute Gasteiger partial charge is 0.478 e. The van der Waals surface area contributed by atoms with Gasteiger partial charge in [-0.2, -0.15) is 0 Å². The number of hydrogen-bond donors (Lipinski definition) is 1. The fourth-order valence-corrected chi connectivity index (χ4v) is 5.19. The number of allylic oxidation sites excluding steroid dienone is 1. The predicted octanol–water partition coefficient (Wildman–Crippen LogP) is 7.55. The molecule has 186 valence electrons. The van der Waals surface area contributed by atoms with E-state index in [1.165, 1.54) is 41.0 Å². The third-order valence-electron chi connectivity index (χ3n) is 7.47. The van der Waals surface area contributed by atoms with Gasteiger partial charge >= 0.3 is 5.97 Å². The molecule has 0 aromatic heterocycles. The maximum absolute atomic E-state index is 13.4. The first-order chi connectivity index (χ1) is 17.0. The van der Waals surface area contributed by atoms with Gasteiger partial charge in [-0.25, -0.2) is 9.18 Å². The number of carboxylic acid groups (broad SMARTS) is 1. The minimum atomic E-state index is -0.977. The lowest BCUT2D eigenvalue weighted by molar-refractivity contribution is 0.0696. The quantitative estimate of drug-likeness (QED) is 0.278. The van der Waals surface area contributed by atoms with Crippen LogP contribution in [0.2, 0.25) is 0 Å². The van der Waals surface area contributed by atoms with E-state index in [0.717, 1.165) is 36.8 Å². The number of rotatable bonds is 7. The topological polar surface area (TPSA) is 54.4 Å². The molecule has 0 fully saturated rings. The van der Waals surface area contributed by atoms with E-state index >= 15 is 0 Å². The molecule has 0 atom stereocenters. The Morgan fingerprint density at radius 3 is 2.14 bits per heavy atom. The Morgan fingerprint density at radius 1 is 0.861 bits per heavy atom. The van der Waals surface area contributed by atoms with E-state index < -0.39 is 5.97 Å². The van der Waals surface area contributed by atoms with Crippen molar-refractivity contribution in [1.29, 1.82) is 0 Å². The lowest BCUT2D eigenvalue weighted by Crippen LogP contribution is -2.35. The summed E-state index contributed by atoms with van der Waals surface area (Å²) in [7, 11) is 0. The minimum absolute atomic E-state index is 0.00624. The maximum atomic E-state index is 13.4.